The normalized spacial score (nSPS) is 23.2. The van der Waals surface area contributed by atoms with Crippen molar-refractivity contribution < 1.29 is 5.11 Å². The minimum absolute atomic E-state index is 0.104. The molecule has 66 valence electrons. The van der Waals surface area contributed by atoms with Gasteiger partial charge < -0.3 is 10.0 Å². The van der Waals surface area contributed by atoms with Gasteiger partial charge in [-0.1, -0.05) is 20.3 Å². The Balaban J connectivity index is 2.04. The molecule has 0 aliphatic carbocycles. The molecule has 0 aromatic rings. The topological polar surface area (TPSA) is 23.5 Å². The summed E-state index contributed by atoms with van der Waals surface area (Å²) in [5.41, 5.74) is 0. The second-order valence-corrected chi connectivity index (χ2v) is 3.55. The summed E-state index contributed by atoms with van der Waals surface area (Å²) >= 11 is 0. The molecule has 1 heterocycles. The van der Waals surface area contributed by atoms with E-state index in [0.29, 0.717) is 0 Å². The van der Waals surface area contributed by atoms with Crippen LogP contribution in [0.4, 0.5) is 0 Å². The molecule has 0 aromatic heterocycles. The van der Waals surface area contributed by atoms with E-state index < -0.39 is 0 Å². The molecule has 1 aliphatic heterocycles. The first-order chi connectivity index (χ1) is 5.26. The second kappa shape index (κ2) is 4.07. The second-order valence-electron chi connectivity index (χ2n) is 3.55. The van der Waals surface area contributed by atoms with Crippen LogP contribution in [0.3, 0.4) is 0 Å². The van der Waals surface area contributed by atoms with Gasteiger partial charge in [-0.05, 0) is 12.3 Å². The minimum atomic E-state index is -0.104. The Morgan fingerprint density at radius 3 is 2.55 bits per heavy atom. The quantitative estimate of drug-likeness (QED) is 0.660. The molecule has 2 heteroatoms. The zero-order valence-corrected chi connectivity index (χ0v) is 7.58. The standard InChI is InChI=1S/C9H19NO/c1-3-8-5-10(6-8)7-9(11)4-2/h8-9,11H,3-7H2,1-2H3. The number of likely N-dealkylation sites (tertiary alicyclic amines) is 1. The highest BCUT2D eigenvalue weighted by atomic mass is 16.3. The highest BCUT2D eigenvalue weighted by Gasteiger charge is 2.25. The van der Waals surface area contributed by atoms with Crippen LogP contribution >= 0.6 is 0 Å². The molecule has 1 atom stereocenters. The van der Waals surface area contributed by atoms with Gasteiger partial charge in [-0.15, -0.1) is 0 Å². The van der Waals surface area contributed by atoms with Gasteiger partial charge in [-0.3, -0.25) is 0 Å². The third-order valence-electron chi connectivity index (χ3n) is 2.55. The lowest BCUT2D eigenvalue weighted by molar-refractivity contribution is 0.0376. The number of hydrogen-bond donors (Lipinski definition) is 1. The monoisotopic (exact) mass is 157 g/mol. The molecule has 0 spiro atoms. The van der Waals surface area contributed by atoms with E-state index in [2.05, 4.69) is 11.8 Å². The van der Waals surface area contributed by atoms with Gasteiger partial charge in [0.15, 0.2) is 0 Å². The summed E-state index contributed by atoms with van der Waals surface area (Å²) in [6.45, 7) is 7.55. The summed E-state index contributed by atoms with van der Waals surface area (Å²) in [6, 6.07) is 0. The van der Waals surface area contributed by atoms with E-state index in [1.165, 1.54) is 19.5 Å². The average molecular weight is 157 g/mol. The third kappa shape index (κ3) is 2.46. The summed E-state index contributed by atoms with van der Waals surface area (Å²) in [4.78, 5) is 2.34. The molecule has 1 N–H and O–H groups in total. The molecule has 11 heavy (non-hydrogen) atoms. The summed E-state index contributed by atoms with van der Waals surface area (Å²) in [5, 5.41) is 9.31. The van der Waals surface area contributed by atoms with Crippen LogP contribution in [0.5, 0.6) is 0 Å². The summed E-state index contributed by atoms with van der Waals surface area (Å²) in [6.07, 6.45) is 2.07. The number of β-amino-alcohol motifs (C(OH)–C–C–N with tert-alkyl or cyclic N) is 1. The van der Waals surface area contributed by atoms with Crippen molar-refractivity contribution in [3.63, 3.8) is 0 Å². The number of nitrogens with zero attached hydrogens (tertiary/aromatic N) is 1. The fraction of sp³-hybridized carbons (Fsp3) is 1.00. The highest BCUT2D eigenvalue weighted by molar-refractivity contribution is 4.79. The van der Waals surface area contributed by atoms with E-state index in [4.69, 9.17) is 0 Å². The fourth-order valence-electron chi connectivity index (χ4n) is 1.51. The fourth-order valence-corrected chi connectivity index (χ4v) is 1.51. The summed E-state index contributed by atoms with van der Waals surface area (Å²) in [7, 11) is 0. The van der Waals surface area contributed by atoms with Crippen molar-refractivity contribution >= 4 is 0 Å². The molecule has 1 aliphatic rings. The van der Waals surface area contributed by atoms with Crippen molar-refractivity contribution in [3.05, 3.63) is 0 Å². The highest BCUT2D eigenvalue weighted by Crippen LogP contribution is 2.18. The Morgan fingerprint density at radius 2 is 2.09 bits per heavy atom. The molecule has 1 unspecified atom stereocenters. The molecule has 0 saturated carbocycles. The van der Waals surface area contributed by atoms with Gasteiger partial charge >= 0.3 is 0 Å². The number of aliphatic hydroxyl groups excluding tert-OH is 1. The zero-order chi connectivity index (χ0) is 8.27. The van der Waals surface area contributed by atoms with Gasteiger partial charge in [-0.25, -0.2) is 0 Å². The number of rotatable bonds is 4. The maximum atomic E-state index is 9.31. The van der Waals surface area contributed by atoms with Gasteiger partial charge in [0, 0.05) is 19.6 Å². The predicted octanol–water partition coefficient (Wildman–Crippen LogP) is 1.10. The van der Waals surface area contributed by atoms with Gasteiger partial charge in [0.25, 0.3) is 0 Å². The largest absolute Gasteiger partial charge is 0.392 e. The first kappa shape index (κ1) is 9.01. The SMILES string of the molecule is CCC(O)CN1CC(CC)C1. The number of aliphatic hydroxyl groups is 1. The Bertz CT molecular complexity index is 110. The van der Waals surface area contributed by atoms with E-state index in [-0.39, 0.29) is 6.10 Å². The molecule has 1 rings (SSSR count). The van der Waals surface area contributed by atoms with E-state index in [1.807, 2.05) is 6.92 Å². The van der Waals surface area contributed by atoms with Crippen molar-refractivity contribution in [2.75, 3.05) is 19.6 Å². The molecule has 1 saturated heterocycles. The van der Waals surface area contributed by atoms with Crippen molar-refractivity contribution in [3.8, 4) is 0 Å². The Morgan fingerprint density at radius 1 is 1.45 bits per heavy atom. The van der Waals surface area contributed by atoms with Crippen LogP contribution in [0.1, 0.15) is 26.7 Å². The molecule has 0 radical (unpaired) electrons. The minimum Gasteiger partial charge on any atom is -0.392 e. The summed E-state index contributed by atoms with van der Waals surface area (Å²) in [5.74, 6) is 0.902. The Hall–Kier alpha value is -0.0800. The predicted molar refractivity (Wildman–Crippen MR) is 46.5 cm³/mol. The third-order valence-corrected chi connectivity index (χ3v) is 2.55. The van der Waals surface area contributed by atoms with Crippen LogP contribution in [0.2, 0.25) is 0 Å². The maximum Gasteiger partial charge on any atom is 0.0664 e. The van der Waals surface area contributed by atoms with Crippen LogP contribution < -0.4 is 0 Å². The molecule has 1 fully saturated rings. The van der Waals surface area contributed by atoms with Crippen LogP contribution in [-0.2, 0) is 0 Å². The van der Waals surface area contributed by atoms with Crippen molar-refractivity contribution in [2.45, 2.75) is 32.8 Å². The lowest BCUT2D eigenvalue weighted by Gasteiger charge is -2.39. The Labute approximate surface area is 69.2 Å². The van der Waals surface area contributed by atoms with Gasteiger partial charge in [-0.2, -0.15) is 0 Å². The lowest BCUT2D eigenvalue weighted by Crippen LogP contribution is -2.49. The van der Waals surface area contributed by atoms with Crippen LogP contribution in [0.25, 0.3) is 0 Å². The first-order valence-electron chi connectivity index (χ1n) is 4.66. The zero-order valence-electron chi connectivity index (χ0n) is 7.58. The van der Waals surface area contributed by atoms with Gasteiger partial charge in [0.05, 0.1) is 6.10 Å². The first-order valence-corrected chi connectivity index (χ1v) is 4.66. The molecule has 0 amide bonds. The van der Waals surface area contributed by atoms with Crippen molar-refractivity contribution in [1.29, 1.82) is 0 Å². The smallest absolute Gasteiger partial charge is 0.0664 e. The molecular weight excluding hydrogens is 138 g/mol. The van der Waals surface area contributed by atoms with Crippen LogP contribution in [-0.4, -0.2) is 35.7 Å². The van der Waals surface area contributed by atoms with Gasteiger partial charge in [0.1, 0.15) is 0 Å². The number of hydrogen-bond acceptors (Lipinski definition) is 2. The average Bonchev–Trinajstić information content (AvgIpc) is 1.95. The molecular formula is C9H19NO. The lowest BCUT2D eigenvalue weighted by atomic mass is 9.97. The summed E-state index contributed by atoms with van der Waals surface area (Å²) < 4.78 is 0. The van der Waals surface area contributed by atoms with E-state index >= 15 is 0 Å². The molecule has 0 bridgehead atoms. The van der Waals surface area contributed by atoms with Gasteiger partial charge in [0.2, 0.25) is 0 Å². The van der Waals surface area contributed by atoms with Crippen LogP contribution in [0, 0.1) is 5.92 Å². The Kier molecular flexibility index (Phi) is 3.34. The van der Waals surface area contributed by atoms with E-state index in [0.717, 1.165) is 18.9 Å². The maximum absolute atomic E-state index is 9.31. The molecule has 2 nitrogen and oxygen atoms in total. The van der Waals surface area contributed by atoms with Crippen molar-refractivity contribution in [1.82, 2.24) is 4.90 Å². The molecule has 0 aromatic carbocycles. The van der Waals surface area contributed by atoms with E-state index in [1.54, 1.807) is 0 Å². The van der Waals surface area contributed by atoms with Crippen molar-refractivity contribution in [2.24, 2.45) is 5.92 Å². The van der Waals surface area contributed by atoms with Crippen LogP contribution in [0.15, 0.2) is 0 Å². The van der Waals surface area contributed by atoms with E-state index in [9.17, 15) is 5.11 Å².